The lowest BCUT2D eigenvalue weighted by Gasteiger charge is -2.21. The van der Waals surface area contributed by atoms with Gasteiger partial charge in [-0.3, -0.25) is 14.6 Å². The van der Waals surface area contributed by atoms with Crippen molar-refractivity contribution in [1.82, 2.24) is 15.1 Å². The molecule has 1 fully saturated rings. The number of rotatable bonds is 6. The Kier molecular flexibility index (Phi) is 6.80. The van der Waals surface area contributed by atoms with Gasteiger partial charge in [0, 0.05) is 26.2 Å². The van der Waals surface area contributed by atoms with Crippen LogP contribution in [-0.2, 0) is 11.3 Å². The lowest BCUT2D eigenvalue weighted by atomic mass is 10.2. The van der Waals surface area contributed by atoms with Crippen LogP contribution in [0.5, 0.6) is 0 Å². The first-order chi connectivity index (χ1) is 10.7. The Morgan fingerprint density at radius 3 is 2.55 bits per heavy atom. The van der Waals surface area contributed by atoms with E-state index in [4.69, 9.17) is 0 Å². The van der Waals surface area contributed by atoms with Crippen LogP contribution >= 0.6 is 0 Å². The maximum absolute atomic E-state index is 12.9. The maximum atomic E-state index is 12.9. The second kappa shape index (κ2) is 8.86. The van der Waals surface area contributed by atoms with Crippen molar-refractivity contribution in [2.75, 3.05) is 39.3 Å². The maximum Gasteiger partial charge on any atom is 0.234 e. The van der Waals surface area contributed by atoms with Gasteiger partial charge >= 0.3 is 0 Å². The fraction of sp³-hybridized carbons (Fsp3) is 0.588. The van der Waals surface area contributed by atoms with E-state index in [2.05, 4.69) is 22.0 Å². The first-order valence-electron chi connectivity index (χ1n) is 8.13. The molecule has 1 aliphatic rings. The number of nitrogens with one attached hydrogen (secondary N) is 1. The second-order valence-electron chi connectivity index (χ2n) is 5.88. The summed E-state index contributed by atoms with van der Waals surface area (Å²) in [6.45, 7) is 7.96. The van der Waals surface area contributed by atoms with Crippen molar-refractivity contribution in [2.45, 2.75) is 26.3 Å². The van der Waals surface area contributed by atoms with E-state index >= 15 is 0 Å². The number of halogens is 1. The Morgan fingerprint density at radius 1 is 1.14 bits per heavy atom. The number of carbonyl (C=O) groups excluding carboxylic acids is 1. The zero-order valence-electron chi connectivity index (χ0n) is 13.4. The minimum absolute atomic E-state index is 0.119. The molecular formula is C17H26FN3O. The molecule has 1 aliphatic heterocycles. The molecule has 0 atom stereocenters. The summed E-state index contributed by atoms with van der Waals surface area (Å²) >= 11 is 0. The summed E-state index contributed by atoms with van der Waals surface area (Å²) < 4.78 is 12.9. The van der Waals surface area contributed by atoms with Gasteiger partial charge in [0.1, 0.15) is 5.82 Å². The molecule has 1 aromatic rings. The zero-order chi connectivity index (χ0) is 15.8. The molecule has 0 bridgehead atoms. The number of carbonyl (C=O) groups is 1. The van der Waals surface area contributed by atoms with Gasteiger partial charge in [-0.05, 0) is 43.6 Å². The highest BCUT2D eigenvalue weighted by Crippen LogP contribution is 2.10. The Bertz CT molecular complexity index is 463. The third-order valence-electron chi connectivity index (χ3n) is 3.94. The predicted octanol–water partition coefficient (Wildman–Crippen LogP) is 1.86. The van der Waals surface area contributed by atoms with Gasteiger partial charge in [0.25, 0.3) is 0 Å². The molecule has 0 radical (unpaired) electrons. The Balaban J connectivity index is 1.77. The largest absolute Gasteiger partial charge is 0.355 e. The molecule has 4 nitrogen and oxygen atoms in total. The van der Waals surface area contributed by atoms with E-state index in [1.807, 2.05) is 12.1 Å². The standard InChI is InChI=1S/C17H26FN3O/c1-2-8-19-17(22)14-21-10-3-9-20(11-12-21)13-15-4-6-16(18)7-5-15/h4-7H,2-3,8-14H2,1H3,(H,19,22). The Hall–Kier alpha value is -1.46. The van der Waals surface area contributed by atoms with Crippen molar-refractivity contribution in [2.24, 2.45) is 0 Å². The van der Waals surface area contributed by atoms with Crippen LogP contribution in [0, 0.1) is 5.82 Å². The van der Waals surface area contributed by atoms with E-state index in [0.29, 0.717) is 6.54 Å². The lowest BCUT2D eigenvalue weighted by Crippen LogP contribution is -2.39. The topological polar surface area (TPSA) is 35.6 Å². The van der Waals surface area contributed by atoms with Crippen LogP contribution in [0.1, 0.15) is 25.3 Å². The van der Waals surface area contributed by atoms with E-state index in [1.165, 1.54) is 12.1 Å². The molecule has 1 heterocycles. The van der Waals surface area contributed by atoms with Crippen LogP contribution in [0.15, 0.2) is 24.3 Å². The predicted molar refractivity (Wildman–Crippen MR) is 86.0 cm³/mol. The van der Waals surface area contributed by atoms with Gasteiger partial charge < -0.3 is 5.32 Å². The first kappa shape index (κ1) is 16.9. The highest BCUT2D eigenvalue weighted by atomic mass is 19.1. The normalized spacial score (nSPS) is 17.2. The summed E-state index contributed by atoms with van der Waals surface area (Å²) in [5.74, 6) is -0.0716. The smallest absolute Gasteiger partial charge is 0.234 e. The molecule has 22 heavy (non-hydrogen) atoms. The molecule has 0 unspecified atom stereocenters. The summed E-state index contributed by atoms with van der Waals surface area (Å²) in [4.78, 5) is 16.4. The van der Waals surface area contributed by atoms with E-state index in [1.54, 1.807) is 0 Å². The number of hydrogen-bond donors (Lipinski definition) is 1. The molecule has 5 heteroatoms. The Morgan fingerprint density at radius 2 is 1.82 bits per heavy atom. The minimum atomic E-state index is -0.191. The molecule has 122 valence electrons. The molecule has 0 spiro atoms. The van der Waals surface area contributed by atoms with Gasteiger partial charge in [0.2, 0.25) is 5.91 Å². The second-order valence-corrected chi connectivity index (χ2v) is 5.88. The van der Waals surface area contributed by atoms with Gasteiger partial charge in [0.15, 0.2) is 0 Å². The quantitative estimate of drug-likeness (QED) is 0.871. The highest BCUT2D eigenvalue weighted by molar-refractivity contribution is 5.77. The summed E-state index contributed by atoms with van der Waals surface area (Å²) in [6.07, 6.45) is 2.03. The van der Waals surface area contributed by atoms with Gasteiger partial charge in [-0.1, -0.05) is 19.1 Å². The van der Waals surface area contributed by atoms with Crippen LogP contribution in [0.2, 0.25) is 0 Å². The van der Waals surface area contributed by atoms with Crippen molar-refractivity contribution >= 4 is 5.91 Å². The number of hydrogen-bond acceptors (Lipinski definition) is 3. The van der Waals surface area contributed by atoms with Crippen molar-refractivity contribution in [3.8, 4) is 0 Å². The van der Waals surface area contributed by atoms with E-state index in [0.717, 1.165) is 57.7 Å². The van der Waals surface area contributed by atoms with E-state index < -0.39 is 0 Å². The van der Waals surface area contributed by atoms with E-state index in [9.17, 15) is 9.18 Å². The summed E-state index contributed by atoms with van der Waals surface area (Å²) in [7, 11) is 0. The van der Waals surface area contributed by atoms with Crippen molar-refractivity contribution in [3.05, 3.63) is 35.6 Å². The fourth-order valence-corrected chi connectivity index (χ4v) is 2.71. The minimum Gasteiger partial charge on any atom is -0.355 e. The van der Waals surface area contributed by atoms with E-state index in [-0.39, 0.29) is 11.7 Å². The van der Waals surface area contributed by atoms with Crippen LogP contribution in [0.3, 0.4) is 0 Å². The molecule has 0 saturated carbocycles. The molecule has 1 amide bonds. The van der Waals surface area contributed by atoms with Crippen LogP contribution in [0.4, 0.5) is 4.39 Å². The molecule has 1 aromatic carbocycles. The third kappa shape index (κ3) is 5.73. The number of benzene rings is 1. The lowest BCUT2D eigenvalue weighted by molar-refractivity contribution is -0.122. The summed E-state index contributed by atoms with van der Waals surface area (Å²) in [5, 5.41) is 2.93. The van der Waals surface area contributed by atoms with Crippen molar-refractivity contribution in [3.63, 3.8) is 0 Å². The first-order valence-corrected chi connectivity index (χ1v) is 8.13. The Labute approximate surface area is 132 Å². The van der Waals surface area contributed by atoms with Gasteiger partial charge in [0.05, 0.1) is 6.54 Å². The van der Waals surface area contributed by atoms with Crippen LogP contribution in [-0.4, -0.2) is 55.0 Å². The van der Waals surface area contributed by atoms with Gasteiger partial charge in [-0.25, -0.2) is 4.39 Å². The van der Waals surface area contributed by atoms with Crippen LogP contribution in [0.25, 0.3) is 0 Å². The SMILES string of the molecule is CCCNC(=O)CN1CCCN(Cc2ccc(F)cc2)CC1. The number of nitrogens with zero attached hydrogens (tertiary/aromatic N) is 2. The van der Waals surface area contributed by atoms with Gasteiger partial charge in [-0.15, -0.1) is 0 Å². The monoisotopic (exact) mass is 307 g/mol. The molecular weight excluding hydrogens is 281 g/mol. The number of amides is 1. The molecule has 1 N–H and O–H groups in total. The molecule has 2 rings (SSSR count). The summed E-state index contributed by atoms with van der Waals surface area (Å²) in [5.41, 5.74) is 1.13. The highest BCUT2D eigenvalue weighted by Gasteiger charge is 2.17. The average molecular weight is 307 g/mol. The summed E-state index contributed by atoms with van der Waals surface area (Å²) in [6, 6.07) is 6.71. The van der Waals surface area contributed by atoms with Gasteiger partial charge in [-0.2, -0.15) is 0 Å². The molecule has 1 saturated heterocycles. The van der Waals surface area contributed by atoms with Crippen molar-refractivity contribution < 1.29 is 9.18 Å². The van der Waals surface area contributed by atoms with Crippen LogP contribution < -0.4 is 5.32 Å². The third-order valence-corrected chi connectivity index (χ3v) is 3.94. The van der Waals surface area contributed by atoms with Crippen molar-refractivity contribution in [1.29, 1.82) is 0 Å². The molecule has 0 aliphatic carbocycles. The average Bonchev–Trinajstić information content (AvgIpc) is 2.73. The molecule has 0 aromatic heterocycles. The fourth-order valence-electron chi connectivity index (χ4n) is 2.71. The zero-order valence-corrected chi connectivity index (χ0v) is 13.4.